The van der Waals surface area contributed by atoms with Crippen LogP contribution in [0, 0.1) is 0 Å². The topological polar surface area (TPSA) is 33.1 Å². The average molecular weight is 282 g/mol. The number of benzene rings is 1. The molecule has 1 aromatic heterocycles. The summed E-state index contributed by atoms with van der Waals surface area (Å²) in [6, 6.07) is 7.23. The van der Waals surface area contributed by atoms with E-state index in [1.807, 2.05) is 12.1 Å². The second kappa shape index (κ2) is 5.33. The molecule has 2 aromatic rings. The van der Waals surface area contributed by atoms with Crippen LogP contribution in [0.2, 0.25) is 5.02 Å². The first-order chi connectivity index (χ1) is 9.66. The Labute approximate surface area is 124 Å². The Hall–Kier alpha value is -1.74. The molecular formula is C16H13BClNO. The Balaban J connectivity index is 2.18. The van der Waals surface area contributed by atoms with Gasteiger partial charge >= 0.3 is 0 Å². The van der Waals surface area contributed by atoms with E-state index in [4.69, 9.17) is 19.4 Å². The van der Waals surface area contributed by atoms with Crippen LogP contribution < -0.4 is 0 Å². The lowest BCUT2D eigenvalue weighted by Crippen LogP contribution is -1.94. The van der Waals surface area contributed by atoms with Crippen molar-refractivity contribution < 1.29 is 5.11 Å². The molecular weight excluding hydrogens is 268 g/mol. The molecule has 1 aliphatic carbocycles. The first-order valence-electron chi connectivity index (χ1n) is 6.57. The van der Waals surface area contributed by atoms with E-state index < -0.39 is 0 Å². The predicted octanol–water partition coefficient (Wildman–Crippen LogP) is 3.81. The van der Waals surface area contributed by atoms with E-state index in [2.05, 4.69) is 4.98 Å². The van der Waals surface area contributed by atoms with Crippen LogP contribution >= 0.6 is 11.6 Å². The maximum absolute atomic E-state index is 9.61. The maximum atomic E-state index is 9.61. The number of hydrogen-bond donors (Lipinski definition) is 1. The molecule has 0 aliphatic heterocycles. The van der Waals surface area contributed by atoms with Crippen molar-refractivity contribution in [1.82, 2.24) is 4.98 Å². The van der Waals surface area contributed by atoms with Gasteiger partial charge in [-0.25, -0.2) is 0 Å². The van der Waals surface area contributed by atoms with Gasteiger partial charge < -0.3 is 5.11 Å². The molecule has 3 rings (SSSR count). The second-order valence-electron chi connectivity index (χ2n) is 4.94. The fraction of sp³-hybridized carbons (Fsp3) is 0.188. The summed E-state index contributed by atoms with van der Waals surface area (Å²) < 4.78 is 0. The SMILES string of the molecule is [B]C1=C(c2ccncc2Cl)CCCc2cc(O)ccc21. The van der Waals surface area contributed by atoms with E-state index in [-0.39, 0.29) is 5.75 Å². The summed E-state index contributed by atoms with van der Waals surface area (Å²) in [5.41, 5.74) is 4.82. The number of nitrogens with zero attached hydrogens (tertiary/aromatic N) is 1. The number of aryl methyl sites for hydroxylation is 1. The number of phenols is 1. The molecule has 98 valence electrons. The second-order valence-corrected chi connectivity index (χ2v) is 5.35. The zero-order valence-electron chi connectivity index (χ0n) is 10.9. The van der Waals surface area contributed by atoms with Crippen molar-refractivity contribution in [3.05, 3.63) is 58.4 Å². The van der Waals surface area contributed by atoms with E-state index in [1.54, 1.807) is 24.5 Å². The van der Waals surface area contributed by atoms with Crippen molar-refractivity contribution >= 4 is 30.5 Å². The summed E-state index contributed by atoms with van der Waals surface area (Å²) in [7, 11) is 6.36. The van der Waals surface area contributed by atoms with Gasteiger partial charge in [-0.3, -0.25) is 4.98 Å². The van der Waals surface area contributed by atoms with Gasteiger partial charge in [-0.05, 0) is 59.7 Å². The van der Waals surface area contributed by atoms with Gasteiger partial charge in [0.05, 0.1) is 5.02 Å². The molecule has 0 saturated carbocycles. The molecule has 2 radical (unpaired) electrons. The monoisotopic (exact) mass is 281 g/mol. The van der Waals surface area contributed by atoms with E-state index in [0.717, 1.165) is 47.0 Å². The minimum Gasteiger partial charge on any atom is -0.508 e. The summed E-state index contributed by atoms with van der Waals surface area (Å²) in [6.07, 6.45) is 6.11. The zero-order chi connectivity index (χ0) is 14.1. The maximum Gasteiger partial charge on any atom is 0.115 e. The van der Waals surface area contributed by atoms with Crippen LogP contribution in [0.1, 0.15) is 29.5 Å². The highest BCUT2D eigenvalue weighted by Crippen LogP contribution is 2.37. The molecule has 1 heterocycles. The minimum absolute atomic E-state index is 0.280. The first-order valence-corrected chi connectivity index (χ1v) is 6.95. The summed E-state index contributed by atoms with van der Waals surface area (Å²) in [5.74, 6) is 0.280. The number of halogens is 1. The average Bonchev–Trinajstić information content (AvgIpc) is 2.59. The normalized spacial score (nSPS) is 14.8. The molecule has 1 N–H and O–H groups in total. The van der Waals surface area contributed by atoms with Crippen LogP contribution in [0.3, 0.4) is 0 Å². The van der Waals surface area contributed by atoms with E-state index >= 15 is 0 Å². The van der Waals surface area contributed by atoms with Crippen molar-refractivity contribution in [2.45, 2.75) is 19.3 Å². The number of rotatable bonds is 1. The summed E-state index contributed by atoms with van der Waals surface area (Å²) in [5, 5.41) is 10.2. The zero-order valence-corrected chi connectivity index (χ0v) is 11.7. The number of pyridine rings is 1. The molecule has 1 aliphatic rings. The van der Waals surface area contributed by atoms with Gasteiger partial charge in [0.25, 0.3) is 0 Å². The Morgan fingerprint density at radius 2 is 2.00 bits per heavy atom. The molecule has 0 atom stereocenters. The third-order valence-electron chi connectivity index (χ3n) is 3.67. The Kier molecular flexibility index (Phi) is 3.54. The van der Waals surface area contributed by atoms with Gasteiger partial charge in [0, 0.05) is 12.4 Å². The molecule has 0 unspecified atom stereocenters. The fourth-order valence-electron chi connectivity index (χ4n) is 2.70. The summed E-state index contributed by atoms with van der Waals surface area (Å²) >= 11 is 6.24. The van der Waals surface area contributed by atoms with Crippen molar-refractivity contribution in [3.63, 3.8) is 0 Å². The molecule has 0 saturated heterocycles. The van der Waals surface area contributed by atoms with Crippen molar-refractivity contribution in [3.8, 4) is 5.75 Å². The Morgan fingerprint density at radius 3 is 2.80 bits per heavy atom. The minimum atomic E-state index is 0.280. The molecule has 1 aromatic carbocycles. The van der Waals surface area contributed by atoms with Crippen molar-refractivity contribution in [2.75, 3.05) is 0 Å². The number of phenolic OH excluding ortho intramolecular Hbond substituents is 1. The van der Waals surface area contributed by atoms with Crippen molar-refractivity contribution in [2.24, 2.45) is 0 Å². The van der Waals surface area contributed by atoms with Gasteiger partial charge in [-0.15, -0.1) is 0 Å². The number of aromatic hydroxyl groups is 1. The molecule has 0 spiro atoms. The molecule has 0 bridgehead atoms. The van der Waals surface area contributed by atoms with Crippen molar-refractivity contribution in [1.29, 1.82) is 0 Å². The standard InChI is InChI=1S/C16H13BClNO/c17-16-12-5-4-11(20)8-10(12)2-1-3-14(16)13-6-7-19-9-15(13)18/h4-9,20H,1-3H2. The number of aromatic nitrogens is 1. The Bertz CT molecular complexity index is 697. The van der Waals surface area contributed by atoms with Crippen LogP contribution in [-0.2, 0) is 6.42 Å². The lowest BCUT2D eigenvalue weighted by molar-refractivity contribution is 0.474. The van der Waals surface area contributed by atoms with Gasteiger partial charge in [0.15, 0.2) is 0 Å². The molecule has 4 heteroatoms. The molecule has 2 nitrogen and oxygen atoms in total. The van der Waals surface area contributed by atoms with Crippen LogP contribution in [0.25, 0.3) is 11.0 Å². The highest BCUT2D eigenvalue weighted by molar-refractivity contribution is 6.47. The number of allylic oxidation sites excluding steroid dienone is 1. The van der Waals surface area contributed by atoms with Crippen LogP contribution in [0.15, 0.2) is 36.7 Å². The number of fused-ring (bicyclic) bond motifs is 1. The van der Waals surface area contributed by atoms with Gasteiger partial charge in [0.1, 0.15) is 13.6 Å². The van der Waals surface area contributed by atoms with Crippen LogP contribution in [-0.4, -0.2) is 17.9 Å². The van der Waals surface area contributed by atoms with Gasteiger partial charge in [0.2, 0.25) is 0 Å². The van der Waals surface area contributed by atoms with E-state index in [1.165, 1.54) is 0 Å². The lowest BCUT2D eigenvalue weighted by Gasteiger charge is -2.13. The summed E-state index contributed by atoms with van der Waals surface area (Å²) in [6.45, 7) is 0. The van der Waals surface area contributed by atoms with E-state index in [9.17, 15) is 5.11 Å². The molecule has 0 fully saturated rings. The molecule has 0 amide bonds. The van der Waals surface area contributed by atoms with Gasteiger partial charge in [-0.1, -0.05) is 23.1 Å². The number of hydrogen-bond acceptors (Lipinski definition) is 2. The van der Waals surface area contributed by atoms with Crippen LogP contribution in [0.5, 0.6) is 5.75 Å². The largest absolute Gasteiger partial charge is 0.508 e. The van der Waals surface area contributed by atoms with E-state index in [0.29, 0.717) is 5.02 Å². The smallest absolute Gasteiger partial charge is 0.115 e. The molecule has 20 heavy (non-hydrogen) atoms. The fourth-order valence-corrected chi connectivity index (χ4v) is 2.94. The predicted molar refractivity (Wildman–Crippen MR) is 82.9 cm³/mol. The highest BCUT2D eigenvalue weighted by Gasteiger charge is 2.17. The Morgan fingerprint density at radius 1 is 1.15 bits per heavy atom. The summed E-state index contributed by atoms with van der Waals surface area (Å²) in [4.78, 5) is 4.02. The van der Waals surface area contributed by atoms with Crippen LogP contribution in [0.4, 0.5) is 0 Å². The highest BCUT2D eigenvalue weighted by atomic mass is 35.5. The third-order valence-corrected chi connectivity index (χ3v) is 3.98. The first kappa shape index (κ1) is 13.3. The van der Waals surface area contributed by atoms with Gasteiger partial charge in [-0.2, -0.15) is 0 Å². The lowest BCUT2D eigenvalue weighted by atomic mass is 9.80. The quantitative estimate of drug-likeness (QED) is 0.806. The third kappa shape index (κ3) is 2.34.